The number of phenols is 1. The molecule has 0 heterocycles. The average Bonchev–Trinajstić information content (AvgIpc) is 2.40. The zero-order valence-corrected chi connectivity index (χ0v) is 11.2. The van der Waals surface area contributed by atoms with Crippen molar-refractivity contribution >= 4 is 17.5 Å². The van der Waals surface area contributed by atoms with Gasteiger partial charge in [0, 0.05) is 10.6 Å². The van der Waals surface area contributed by atoms with Gasteiger partial charge in [-0.3, -0.25) is 4.79 Å². The van der Waals surface area contributed by atoms with Gasteiger partial charge < -0.3 is 10.4 Å². The molecule has 0 saturated carbocycles. The zero-order chi connectivity index (χ0) is 13.8. The number of amides is 1. The SMILES string of the molecule is C[C@@H](NC(=O)c1ccc(Cl)cc1)c1ccc(O)cc1. The number of carbonyl (C=O) groups is 1. The van der Waals surface area contributed by atoms with Crippen molar-refractivity contribution in [3.8, 4) is 5.75 Å². The third kappa shape index (κ3) is 3.48. The highest BCUT2D eigenvalue weighted by atomic mass is 35.5. The lowest BCUT2D eigenvalue weighted by Crippen LogP contribution is -2.26. The van der Waals surface area contributed by atoms with Gasteiger partial charge in [0.1, 0.15) is 5.75 Å². The number of hydrogen-bond acceptors (Lipinski definition) is 2. The van der Waals surface area contributed by atoms with E-state index in [-0.39, 0.29) is 17.7 Å². The van der Waals surface area contributed by atoms with Gasteiger partial charge in [-0.05, 0) is 48.9 Å². The number of rotatable bonds is 3. The highest BCUT2D eigenvalue weighted by molar-refractivity contribution is 6.30. The Morgan fingerprint density at radius 3 is 2.26 bits per heavy atom. The Labute approximate surface area is 116 Å². The van der Waals surface area contributed by atoms with Crippen LogP contribution in [-0.2, 0) is 0 Å². The monoisotopic (exact) mass is 275 g/mol. The predicted octanol–water partition coefficient (Wildman–Crippen LogP) is 3.54. The van der Waals surface area contributed by atoms with Crippen LogP contribution < -0.4 is 5.32 Å². The highest BCUT2D eigenvalue weighted by Gasteiger charge is 2.11. The largest absolute Gasteiger partial charge is 0.508 e. The molecule has 0 unspecified atom stereocenters. The van der Waals surface area contributed by atoms with Crippen LogP contribution in [0.1, 0.15) is 28.9 Å². The van der Waals surface area contributed by atoms with Crippen LogP contribution in [-0.4, -0.2) is 11.0 Å². The molecule has 0 fully saturated rings. The third-order valence-electron chi connectivity index (χ3n) is 2.85. The first-order valence-corrected chi connectivity index (χ1v) is 6.29. The summed E-state index contributed by atoms with van der Waals surface area (Å²) in [5, 5.41) is 12.7. The summed E-state index contributed by atoms with van der Waals surface area (Å²) in [6.07, 6.45) is 0. The van der Waals surface area contributed by atoms with E-state index in [1.54, 1.807) is 48.5 Å². The molecule has 0 saturated heterocycles. The molecule has 2 N–H and O–H groups in total. The van der Waals surface area contributed by atoms with Crippen molar-refractivity contribution < 1.29 is 9.90 Å². The Hall–Kier alpha value is -2.00. The van der Waals surface area contributed by atoms with Gasteiger partial charge in [0.15, 0.2) is 0 Å². The van der Waals surface area contributed by atoms with E-state index in [0.717, 1.165) is 5.56 Å². The molecule has 2 aromatic carbocycles. The Bertz CT molecular complexity index is 564. The van der Waals surface area contributed by atoms with Crippen LogP contribution in [0, 0.1) is 0 Å². The van der Waals surface area contributed by atoms with Crippen LogP contribution in [0.15, 0.2) is 48.5 Å². The minimum atomic E-state index is -0.155. The quantitative estimate of drug-likeness (QED) is 0.900. The molecule has 0 aliphatic heterocycles. The van der Waals surface area contributed by atoms with Gasteiger partial charge in [0.05, 0.1) is 6.04 Å². The van der Waals surface area contributed by atoms with Crippen molar-refractivity contribution in [2.24, 2.45) is 0 Å². The third-order valence-corrected chi connectivity index (χ3v) is 3.10. The minimum absolute atomic E-state index is 0.135. The Balaban J connectivity index is 2.06. The fraction of sp³-hybridized carbons (Fsp3) is 0.133. The second-order valence-corrected chi connectivity index (χ2v) is 4.73. The molecule has 2 aromatic rings. The molecular formula is C15H14ClNO2. The molecule has 0 aromatic heterocycles. The molecule has 98 valence electrons. The van der Waals surface area contributed by atoms with E-state index in [1.807, 2.05) is 6.92 Å². The maximum atomic E-state index is 12.0. The van der Waals surface area contributed by atoms with Gasteiger partial charge in [-0.15, -0.1) is 0 Å². The summed E-state index contributed by atoms with van der Waals surface area (Å²) >= 11 is 5.78. The van der Waals surface area contributed by atoms with Gasteiger partial charge >= 0.3 is 0 Å². The summed E-state index contributed by atoms with van der Waals surface area (Å²) < 4.78 is 0. The number of hydrogen-bond donors (Lipinski definition) is 2. The predicted molar refractivity (Wildman–Crippen MR) is 75.4 cm³/mol. The van der Waals surface area contributed by atoms with Crippen molar-refractivity contribution in [2.75, 3.05) is 0 Å². The van der Waals surface area contributed by atoms with Gasteiger partial charge in [-0.1, -0.05) is 23.7 Å². The summed E-state index contributed by atoms with van der Waals surface area (Å²) in [7, 11) is 0. The molecule has 0 bridgehead atoms. The van der Waals surface area contributed by atoms with E-state index in [4.69, 9.17) is 11.6 Å². The van der Waals surface area contributed by atoms with Gasteiger partial charge in [-0.2, -0.15) is 0 Å². The van der Waals surface area contributed by atoms with E-state index in [9.17, 15) is 9.90 Å². The molecule has 1 atom stereocenters. The van der Waals surface area contributed by atoms with Crippen LogP contribution in [0.5, 0.6) is 5.75 Å². The second-order valence-electron chi connectivity index (χ2n) is 4.29. The van der Waals surface area contributed by atoms with Gasteiger partial charge in [-0.25, -0.2) is 0 Å². The first-order chi connectivity index (χ1) is 9.06. The molecule has 3 nitrogen and oxygen atoms in total. The first-order valence-electron chi connectivity index (χ1n) is 5.91. The fourth-order valence-corrected chi connectivity index (χ4v) is 1.85. The number of benzene rings is 2. The normalized spacial score (nSPS) is 11.9. The molecule has 0 spiro atoms. The maximum Gasteiger partial charge on any atom is 0.251 e. The Kier molecular flexibility index (Phi) is 4.07. The number of nitrogens with one attached hydrogen (secondary N) is 1. The summed E-state index contributed by atoms with van der Waals surface area (Å²) in [6, 6.07) is 13.3. The molecule has 19 heavy (non-hydrogen) atoms. The van der Waals surface area contributed by atoms with Crippen molar-refractivity contribution in [3.05, 3.63) is 64.7 Å². The van der Waals surface area contributed by atoms with Crippen molar-refractivity contribution in [2.45, 2.75) is 13.0 Å². The van der Waals surface area contributed by atoms with E-state index in [1.165, 1.54) is 0 Å². The Morgan fingerprint density at radius 1 is 1.11 bits per heavy atom. The number of phenolic OH excluding ortho intramolecular Hbond substituents is 1. The van der Waals surface area contributed by atoms with Crippen LogP contribution in [0.4, 0.5) is 0 Å². The topological polar surface area (TPSA) is 49.3 Å². The molecule has 0 aliphatic carbocycles. The summed E-state index contributed by atoms with van der Waals surface area (Å²) in [5.41, 5.74) is 1.50. The lowest BCUT2D eigenvalue weighted by atomic mass is 10.1. The molecular weight excluding hydrogens is 262 g/mol. The van der Waals surface area contributed by atoms with Crippen LogP contribution in [0.3, 0.4) is 0 Å². The van der Waals surface area contributed by atoms with Gasteiger partial charge in [0.25, 0.3) is 5.91 Å². The smallest absolute Gasteiger partial charge is 0.251 e. The molecule has 0 aliphatic rings. The molecule has 2 rings (SSSR count). The zero-order valence-electron chi connectivity index (χ0n) is 10.4. The van der Waals surface area contributed by atoms with Gasteiger partial charge in [0.2, 0.25) is 0 Å². The summed E-state index contributed by atoms with van der Waals surface area (Å²) in [5.74, 6) is 0.0530. The van der Waals surface area contributed by atoms with Crippen LogP contribution in [0.25, 0.3) is 0 Å². The standard InChI is InChI=1S/C15H14ClNO2/c1-10(11-4-8-14(18)9-5-11)17-15(19)12-2-6-13(16)7-3-12/h2-10,18H,1H3,(H,17,19)/t10-/m1/s1. The van der Waals surface area contributed by atoms with Crippen LogP contribution >= 0.6 is 11.6 Å². The van der Waals surface area contributed by atoms with E-state index in [2.05, 4.69) is 5.32 Å². The van der Waals surface area contributed by atoms with E-state index < -0.39 is 0 Å². The molecule has 1 amide bonds. The van der Waals surface area contributed by atoms with Crippen LogP contribution in [0.2, 0.25) is 5.02 Å². The second kappa shape index (κ2) is 5.76. The number of aromatic hydroxyl groups is 1. The fourth-order valence-electron chi connectivity index (χ4n) is 1.73. The molecule has 4 heteroatoms. The minimum Gasteiger partial charge on any atom is -0.508 e. The lowest BCUT2D eigenvalue weighted by Gasteiger charge is -2.14. The van der Waals surface area contributed by atoms with E-state index in [0.29, 0.717) is 10.6 Å². The average molecular weight is 276 g/mol. The van der Waals surface area contributed by atoms with E-state index >= 15 is 0 Å². The highest BCUT2D eigenvalue weighted by Crippen LogP contribution is 2.17. The molecule has 0 radical (unpaired) electrons. The summed E-state index contributed by atoms with van der Waals surface area (Å²) in [6.45, 7) is 1.89. The Morgan fingerprint density at radius 2 is 1.68 bits per heavy atom. The van der Waals surface area contributed by atoms with Crippen molar-refractivity contribution in [1.82, 2.24) is 5.32 Å². The van der Waals surface area contributed by atoms with Crippen molar-refractivity contribution in [3.63, 3.8) is 0 Å². The lowest BCUT2D eigenvalue weighted by molar-refractivity contribution is 0.0940. The first kappa shape index (κ1) is 13.4. The van der Waals surface area contributed by atoms with Crippen molar-refractivity contribution in [1.29, 1.82) is 0 Å². The summed E-state index contributed by atoms with van der Waals surface area (Å²) in [4.78, 5) is 12.0. The number of halogens is 1. The number of carbonyl (C=O) groups excluding carboxylic acids is 1. The maximum absolute atomic E-state index is 12.0.